The maximum absolute atomic E-state index is 10.6. The average Bonchev–Trinajstić information content (AvgIpc) is 2.94. The third-order valence-corrected chi connectivity index (χ3v) is 4.72. The largest absolute Gasteiger partial charge is 0.433 e. The SMILES string of the molecule is O=[N+]([O-])c1ccc(CNC2CCSc3ccc(Cl)cc32)o1. The Morgan fingerprint density at radius 1 is 1.43 bits per heavy atom. The van der Waals surface area contributed by atoms with Gasteiger partial charge in [-0.05, 0) is 42.0 Å². The Labute approximate surface area is 130 Å². The molecule has 1 aliphatic rings. The molecule has 0 saturated carbocycles. The van der Waals surface area contributed by atoms with Crippen molar-refractivity contribution in [3.63, 3.8) is 0 Å². The van der Waals surface area contributed by atoms with E-state index in [0.717, 1.165) is 17.2 Å². The van der Waals surface area contributed by atoms with E-state index in [1.54, 1.807) is 6.07 Å². The van der Waals surface area contributed by atoms with Crippen molar-refractivity contribution in [1.29, 1.82) is 0 Å². The zero-order chi connectivity index (χ0) is 14.8. The molecule has 7 heteroatoms. The molecule has 0 fully saturated rings. The van der Waals surface area contributed by atoms with Gasteiger partial charge in [0.1, 0.15) is 10.7 Å². The molecule has 3 rings (SSSR count). The van der Waals surface area contributed by atoms with Crippen LogP contribution in [-0.2, 0) is 6.54 Å². The second-order valence-electron chi connectivity index (χ2n) is 4.75. The van der Waals surface area contributed by atoms with Gasteiger partial charge in [0.2, 0.25) is 0 Å². The summed E-state index contributed by atoms with van der Waals surface area (Å²) in [6.07, 6.45) is 0.987. The summed E-state index contributed by atoms with van der Waals surface area (Å²) in [6, 6.07) is 9.09. The van der Waals surface area contributed by atoms with Gasteiger partial charge in [-0.2, -0.15) is 0 Å². The van der Waals surface area contributed by atoms with Crippen LogP contribution in [-0.4, -0.2) is 10.7 Å². The van der Waals surface area contributed by atoms with Crippen LogP contribution in [0.1, 0.15) is 23.8 Å². The van der Waals surface area contributed by atoms with Crippen molar-refractivity contribution < 1.29 is 9.34 Å². The molecule has 2 aromatic rings. The first-order chi connectivity index (χ1) is 10.1. The highest BCUT2D eigenvalue weighted by molar-refractivity contribution is 7.99. The van der Waals surface area contributed by atoms with Gasteiger partial charge in [-0.25, -0.2) is 0 Å². The molecule has 1 N–H and O–H groups in total. The van der Waals surface area contributed by atoms with Crippen LogP contribution in [0.15, 0.2) is 39.6 Å². The Morgan fingerprint density at radius 2 is 2.29 bits per heavy atom. The van der Waals surface area contributed by atoms with Gasteiger partial charge in [-0.15, -0.1) is 11.8 Å². The van der Waals surface area contributed by atoms with E-state index in [4.69, 9.17) is 16.0 Å². The molecular formula is C14H13ClN2O3S. The zero-order valence-corrected chi connectivity index (χ0v) is 12.6. The van der Waals surface area contributed by atoms with E-state index in [-0.39, 0.29) is 11.9 Å². The Hall–Kier alpha value is -1.50. The van der Waals surface area contributed by atoms with Crippen LogP contribution < -0.4 is 5.32 Å². The highest BCUT2D eigenvalue weighted by atomic mass is 35.5. The molecule has 0 amide bonds. The predicted molar refractivity (Wildman–Crippen MR) is 81.7 cm³/mol. The highest BCUT2D eigenvalue weighted by Crippen LogP contribution is 2.37. The number of furan rings is 1. The van der Waals surface area contributed by atoms with Crippen LogP contribution in [0.3, 0.4) is 0 Å². The fourth-order valence-electron chi connectivity index (χ4n) is 2.36. The standard InChI is InChI=1S/C14H13ClN2O3S/c15-9-1-3-13-11(7-9)12(5-6-21-13)16-8-10-2-4-14(20-10)17(18)19/h1-4,7,12,16H,5-6,8H2. The number of benzene rings is 1. The lowest BCUT2D eigenvalue weighted by atomic mass is 10.0. The zero-order valence-electron chi connectivity index (χ0n) is 11.0. The van der Waals surface area contributed by atoms with Crippen LogP contribution in [0.25, 0.3) is 0 Å². The molecule has 0 radical (unpaired) electrons. The van der Waals surface area contributed by atoms with E-state index >= 15 is 0 Å². The van der Waals surface area contributed by atoms with Gasteiger partial charge in [0.05, 0.1) is 12.6 Å². The predicted octanol–water partition coefficient (Wildman–Crippen LogP) is 4.17. The number of nitrogens with zero attached hydrogens (tertiary/aromatic N) is 1. The number of fused-ring (bicyclic) bond motifs is 1. The van der Waals surface area contributed by atoms with E-state index in [9.17, 15) is 10.1 Å². The number of rotatable bonds is 4. The maximum Gasteiger partial charge on any atom is 0.433 e. The number of thioether (sulfide) groups is 1. The molecule has 0 saturated heterocycles. The minimum Gasteiger partial charge on any atom is -0.404 e. The summed E-state index contributed by atoms with van der Waals surface area (Å²) in [7, 11) is 0. The van der Waals surface area contributed by atoms with Gasteiger partial charge in [-0.1, -0.05) is 11.6 Å². The van der Waals surface area contributed by atoms with Crippen LogP contribution in [0, 0.1) is 10.1 Å². The third-order valence-electron chi connectivity index (χ3n) is 3.36. The van der Waals surface area contributed by atoms with Crippen molar-refractivity contribution in [2.45, 2.75) is 23.9 Å². The Balaban J connectivity index is 1.71. The summed E-state index contributed by atoms with van der Waals surface area (Å²) in [5.41, 5.74) is 1.18. The molecule has 1 aliphatic heterocycles. The fraction of sp³-hybridized carbons (Fsp3) is 0.286. The molecule has 0 aliphatic carbocycles. The smallest absolute Gasteiger partial charge is 0.404 e. The van der Waals surface area contributed by atoms with Crippen molar-refractivity contribution in [1.82, 2.24) is 5.32 Å². The summed E-state index contributed by atoms with van der Waals surface area (Å²) in [5, 5.41) is 14.7. The molecular weight excluding hydrogens is 312 g/mol. The first kappa shape index (κ1) is 14.4. The minimum absolute atomic E-state index is 0.184. The fourth-order valence-corrected chi connectivity index (χ4v) is 3.65. The van der Waals surface area contributed by atoms with Crippen molar-refractivity contribution in [2.24, 2.45) is 0 Å². The molecule has 1 aromatic heterocycles. The topological polar surface area (TPSA) is 68.3 Å². The summed E-state index contributed by atoms with van der Waals surface area (Å²) < 4.78 is 5.15. The van der Waals surface area contributed by atoms with Gasteiger partial charge >= 0.3 is 5.88 Å². The third kappa shape index (κ3) is 3.23. The number of nitro groups is 1. The molecule has 0 bridgehead atoms. The van der Waals surface area contributed by atoms with E-state index < -0.39 is 4.92 Å². The van der Waals surface area contributed by atoms with Crippen molar-refractivity contribution in [2.75, 3.05) is 5.75 Å². The van der Waals surface area contributed by atoms with Crippen molar-refractivity contribution in [3.05, 3.63) is 56.8 Å². The summed E-state index contributed by atoms with van der Waals surface area (Å²) >= 11 is 7.89. The summed E-state index contributed by atoms with van der Waals surface area (Å²) in [4.78, 5) is 11.3. The quantitative estimate of drug-likeness (QED) is 0.675. The van der Waals surface area contributed by atoms with Gasteiger partial charge in [0.25, 0.3) is 0 Å². The van der Waals surface area contributed by atoms with Gasteiger partial charge in [0, 0.05) is 16.0 Å². The second-order valence-corrected chi connectivity index (χ2v) is 6.32. The first-order valence-corrected chi connectivity index (χ1v) is 7.88. The Bertz CT molecular complexity index is 674. The highest BCUT2D eigenvalue weighted by Gasteiger charge is 2.21. The molecule has 0 spiro atoms. The number of halogens is 1. The van der Waals surface area contributed by atoms with Gasteiger partial charge in [0.15, 0.2) is 0 Å². The molecule has 1 aromatic carbocycles. The summed E-state index contributed by atoms with van der Waals surface area (Å²) in [5.74, 6) is 1.36. The molecule has 1 atom stereocenters. The van der Waals surface area contributed by atoms with Gasteiger partial charge < -0.3 is 9.73 Å². The summed E-state index contributed by atoms with van der Waals surface area (Å²) in [6.45, 7) is 0.453. The first-order valence-electron chi connectivity index (χ1n) is 6.52. The van der Waals surface area contributed by atoms with Crippen LogP contribution in [0.4, 0.5) is 5.88 Å². The normalized spacial score (nSPS) is 17.5. The number of hydrogen-bond acceptors (Lipinski definition) is 5. The molecule has 21 heavy (non-hydrogen) atoms. The number of nitrogens with one attached hydrogen (secondary N) is 1. The van der Waals surface area contributed by atoms with E-state index in [2.05, 4.69) is 5.32 Å². The van der Waals surface area contributed by atoms with Crippen molar-refractivity contribution in [3.8, 4) is 0 Å². The molecule has 1 unspecified atom stereocenters. The maximum atomic E-state index is 10.6. The second kappa shape index (κ2) is 6.09. The lowest BCUT2D eigenvalue weighted by molar-refractivity contribution is -0.402. The van der Waals surface area contributed by atoms with Crippen LogP contribution in [0.2, 0.25) is 5.02 Å². The molecule has 2 heterocycles. The molecule has 5 nitrogen and oxygen atoms in total. The lowest BCUT2D eigenvalue weighted by Gasteiger charge is -2.26. The van der Waals surface area contributed by atoms with E-state index in [1.807, 2.05) is 30.0 Å². The minimum atomic E-state index is -0.532. The van der Waals surface area contributed by atoms with E-state index in [0.29, 0.717) is 12.3 Å². The Morgan fingerprint density at radius 3 is 3.05 bits per heavy atom. The van der Waals surface area contributed by atoms with Crippen molar-refractivity contribution >= 4 is 29.2 Å². The van der Waals surface area contributed by atoms with E-state index in [1.165, 1.54) is 16.5 Å². The monoisotopic (exact) mass is 324 g/mol. The number of hydrogen-bond donors (Lipinski definition) is 1. The Kier molecular flexibility index (Phi) is 4.19. The van der Waals surface area contributed by atoms with Gasteiger partial charge in [-0.3, -0.25) is 10.1 Å². The lowest BCUT2D eigenvalue weighted by Crippen LogP contribution is -2.24. The molecule has 110 valence electrons. The average molecular weight is 325 g/mol. The van der Waals surface area contributed by atoms with Crippen LogP contribution in [0.5, 0.6) is 0 Å². The van der Waals surface area contributed by atoms with Crippen LogP contribution >= 0.6 is 23.4 Å².